The summed E-state index contributed by atoms with van der Waals surface area (Å²) in [5.74, 6) is 1.62. The van der Waals surface area contributed by atoms with Crippen LogP contribution in [0.15, 0.2) is 42.5 Å². The van der Waals surface area contributed by atoms with Crippen molar-refractivity contribution in [2.45, 2.75) is 44.3 Å². The quantitative estimate of drug-likeness (QED) is 0.612. The van der Waals surface area contributed by atoms with Crippen LogP contribution in [0, 0.1) is 0 Å². The van der Waals surface area contributed by atoms with Gasteiger partial charge in [0.25, 0.3) is 0 Å². The summed E-state index contributed by atoms with van der Waals surface area (Å²) in [5.41, 5.74) is 2.30. The summed E-state index contributed by atoms with van der Waals surface area (Å²) in [5, 5.41) is 0.739. The summed E-state index contributed by atoms with van der Waals surface area (Å²) in [6.45, 7) is 2.04. The Morgan fingerprint density at radius 3 is 2.47 bits per heavy atom. The maximum atomic E-state index is 13.3. The van der Waals surface area contributed by atoms with Crippen molar-refractivity contribution in [2.24, 2.45) is 0 Å². The van der Waals surface area contributed by atoms with Crippen molar-refractivity contribution in [3.05, 3.63) is 58.6 Å². The molecule has 2 aliphatic rings. The Morgan fingerprint density at radius 1 is 1.07 bits per heavy atom. The van der Waals surface area contributed by atoms with Crippen molar-refractivity contribution in [3.8, 4) is 11.5 Å². The van der Waals surface area contributed by atoms with Gasteiger partial charge in [-0.25, -0.2) is 0 Å². The first-order valence-corrected chi connectivity index (χ1v) is 11.0. The number of hydrogen-bond donors (Lipinski definition) is 0. The van der Waals surface area contributed by atoms with Crippen LogP contribution in [-0.4, -0.2) is 49.1 Å². The number of hydrogen-bond acceptors (Lipinski definition) is 4. The molecule has 1 aliphatic heterocycles. The minimum absolute atomic E-state index is 0.0916. The van der Waals surface area contributed by atoms with E-state index in [2.05, 4.69) is 4.90 Å². The molecule has 0 radical (unpaired) electrons. The minimum Gasteiger partial charge on any atom is -0.493 e. The summed E-state index contributed by atoms with van der Waals surface area (Å²) in [6, 6.07) is 14.5. The molecule has 0 bridgehead atoms. The second-order valence-corrected chi connectivity index (χ2v) is 8.56. The molecule has 1 atom stereocenters. The lowest BCUT2D eigenvalue weighted by molar-refractivity contribution is -0.133. The normalized spacial score (nSPS) is 18.7. The Balaban J connectivity index is 1.46. The van der Waals surface area contributed by atoms with Gasteiger partial charge in [-0.15, -0.1) is 0 Å². The lowest BCUT2D eigenvalue weighted by Gasteiger charge is -2.29. The lowest BCUT2D eigenvalue weighted by Crippen LogP contribution is -2.40. The van der Waals surface area contributed by atoms with Gasteiger partial charge in [0.1, 0.15) is 0 Å². The molecule has 2 aromatic carbocycles. The van der Waals surface area contributed by atoms with Crippen LogP contribution < -0.4 is 9.47 Å². The molecule has 1 amide bonds. The number of carbonyl (C=O) groups is 1. The average Bonchev–Trinajstić information content (AvgIpc) is 3.50. The smallest absolute Gasteiger partial charge is 0.237 e. The van der Waals surface area contributed by atoms with E-state index in [1.165, 1.54) is 18.4 Å². The fourth-order valence-electron chi connectivity index (χ4n) is 4.31. The van der Waals surface area contributed by atoms with E-state index in [9.17, 15) is 4.79 Å². The van der Waals surface area contributed by atoms with E-state index in [-0.39, 0.29) is 11.9 Å². The summed E-state index contributed by atoms with van der Waals surface area (Å²) in [4.78, 5) is 17.7. The van der Waals surface area contributed by atoms with Gasteiger partial charge in [0.05, 0.1) is 26.8 Å². The van der Waals surface area contributed by atoms with Crippen LogP contribution in [0.4, 0.5) is 0 Å². The SMILES string of the molecule is COc1ccc(C2CCCN2C(=O)CN(Cc2ccc(Cl)cc2)C2CC2)cc1OC. The number of rotatable bonds is 8. The number of benzene rings is 2. The van der Waals surface area contributed by atoms with E-state index in [4.69, 9.17) is 21.1 Å². The third-order valence-corrected chi connectivity index (χ3v) is 6.32. The van der Waals surface area contributed by atoms with Crippen LogP contribution in [0.2, 0.25) is 5.02 Å². The van der Waals surface area contributed by atoms with Gasteiger partial charge in [-0.2, -0.15) is 0 Å². The van der Waals surface area contributed by atoms with E-state index in [1.54, 1.807) is 14.2 Å². The second-order valence-electron chi connectivity index (χ2n) is 8.12. The predicted molar refractivity (Wildman–Crippen MR) is 118 cm³/mol. The van der Waals surface area contributed by atoms with Crippen molar-refractivity contribution >= 4 is 17.5 Å². The molecule has 1 aliphatic carbocycles. The van der Waals surface area contributed by atoms with Gasteiger partial charge in [-0.3, -0.25) is 9.69 Å². The van der Waals surface area contributed by atoms with Crippen LogP contribution in [-0.2, 0) is 11.3 Å². The summed E-state index contributed by atoms with van der Waals surface area (Å²) in [7, 11) is 3.28. The first-order valence-electron chi connectivity index (χ1n) is 10.6. The van der Waals surface area contributed by atoms with E-state index in [0.29, 0.717) is 24.1 Å². The van der Waals surface area contributed by atoms with Crippen LogP contribution in [0.3, 0.4) is 0 Å². The number of carbonyl (C=O) groups excluding carboxylic acids is 1. The van der Waals surface area contributed by atoms with Gasteiger partial charge >= 0.3 is 0 Å². The van der Waals surface area contributed by atoms with E-state index >= 15 is 0 Å². The molecule has 30 heavy (non-hydrogen) atoms. The Hall–Kier alpha value is -2.24. The van der Waals surface area contributed by atoms with Gasteiger partial charge in [-0.05, 0) is 61.1 Å². The zero-order chi connectivity index (χ0) is 21.1. The van der Waals surface area contributed by atoms with Crippen LogP contribution in [0.5, 0.6) is 11.5 Å². The van der Waals surface area contributed by atoms with E-state index in [0.717, 1.165) is 36.5 Å². The number of methoxy groups -OCH3 is 2. The largest absolute Gasteiger partial charge is 0.493 e. The Labute approximate surface area is 183 Å². The van der Waals surface area contributed by atoms with Crippen LogP contribution in [0.25, 0.3) is 0 Å². The van der Waals surface area contributed by atoms with Gasteiger partial charge in [0.2, 0.25) is 5.91 Å². The van der Waals surface area contributed by atoms with Crippen LogP contribution >= 0.6 is 11.6 Å². The monoisotopic (exact) mass is 428 g/mol. The zero-order valence-corrected chi connectivity index (χ0v) is 18.4. The standard InChI is InChI=1S/C24H29ClN2O3/c1-29-22-12-7-18(14-23(22)30-2)21-4-3-13-27(21)24(28)16-26(20-10-11-20)15-17-5-8-19(25)9-6-17/h5-9,12,14,20-21H,3-4,10-11,13,15-16H2,1-2H3. The molecule has 6 heteroatoms. The first kappa shape index (κ1) is 21.0. The first-order chi connectivity index (χ1) is 14.6. The van der Waals surface area contributed by atoms with E-state index < -0.39 is 0 Å². The van der Waals surface area contributed by atoms with Crippen molar-refractivity contribution in [2.75, 3.05) is 27.3 Å². The lowest BCUT2D eigenvalue weighted by atomic mass is 10.0. The summed E-state index contributed by atoms with van der Waals surface area (Å²) in [6.07, 6.45) is 4.33. The molecular formula is C24H29ClN2O3. The molecular weight excluding hydrogens is 400 g/mol. The van der Waals surface area contributed by atoms with Gasteiger partial charge < -0.3 is 14.4 Å². The predicted octanol–water partition coefficient (Wildman–Crippen LogP) is 4.69. The highest BCUT2D eigenvalue weighted by atomic mass is 35.5. The number of likely N-dealkylation sites (tertiary alicyclic amines) is 1. The third-order valence-electron chi connectivity index (χ3n) is 6.07. The molecule has 2 fully saturated rings. The highest BCUT2D eigenvalue weighted by molar-refractivity contribution is 6.30. The maximum Gasteiger partial charge on any atom is 0.237 e. The van der Waals surface area contributed by atoms with E-state index in [1.807, 2.05) is 47.4 Å². The number of halogens is 1. The molecule has 2 aromatic rings. The number of ether oxygens (including phenoxy) is 2. The molecule has 0 aromatic heterocycles. The zero-order valence-electron chi connectivity index (χ0n) is 17.6. The minimum atomic E-state index is 0.0916. The molecule has 1 unspecified atom stereocenters. The van der Waals surface area contributed by atoms with Gasteiger partial charge in [0.15, 0.2) is 11.5 Å². The molecule has 5 nitrogen and oxygen atoms in total. The Morgan fingerprint density at radius 2 is 1.80 bits per heavy atom. The van der Waals surface area contributed by atoms with Gasteiger partial charge in [-0.1, -0.05) is 29.8 Å². The molecule has 4 rings (SSSR count). The topological polar surface area (TPSA) is 42.0 Å². The van der Waals surface area contributed by atoms with Crippen molar-refractivity contribution in [1.29, 1.82) is 0 Å². The Kier molecular flexibility index (Phi) is 6.49. The maximum absolute atomic E-state index is 13.3. The van der Waals surface area contributed by atoms with Gasteiger partial charge in [0, 0.05) is 24.2 Å². The third kappa shape index (κ3) is 4.73. The second kappa shape index (κ2) is 9.27. The molecule has 0 N–H and O–H groups in total. The molecule has 1 saturated carbocycles. The molecule has 160 valence electrons. The molecule has 1 heterocycles. The van der Waals surface area contributed by atoms with Crippen molar-refractivity contribution < 1.29 is 14.3 Å². The highest BCUT2D eigenvalue weighted by Gasteiger charge is 2.35. The summed E-state index contributed by atoms with van der Waals surface area (Å²) >= 11 is 6.02. The fourth-order valence-corrected chi connectivity index (χ4v) is 4.44. The molecule has 1 saturated heterocycles. The fraction of sp³-hybridized carbons (Fsp3) is 0.458. The molecule has 0 spiro atoms. The van der Waals surface area contributed by atoms with Crippen molar-refractivity contribution in [1.82, 2.24) is 9.80 Å². The Bertz CT molecular complexity index is 883. The summed E-state index contributed by atoms with van der Waals surface area (Å²) < 4.78 is 10.8. The highest BCUT2D eigenvalue weighted by Crippen LogP contribution is 2.37. The average molecular weight is 429 g/mol. The van der Waals surface area contributed by atoms with Crippen LogP contribution in [0.1, 0.15) is 42.9 Å². The number of nitrogens with zero attached hydrogens (tertiary/aromatic N) is 2. The number of amides is 1. The van der Waals surface area contributed by atoms with Crippen molar-refractivity contribution in [3.63, 3.8) is 0 Å².